The van der Waals surface area contributed by atoms with Crippen molar-refractivity contribution in [1.82, 2.24) is 0 Å². The maximum atomic E-state index is 6.05. The van der Waals surface area contributed by atoms with Crippen molar-refractivity contribution >= 4 is 15.9 Å². The first-order valence-electron chi connectivity index (χ1n) is 7.66. The zero-order valence-electron chi connectivity index (χ0n) is 11.3. The summed E-state index contributed by atoms with van der Waals surface area (Å²) in [6.07, 6.45) is 7.10. The summed E-state index contributed by atoms with van der Waals surface area (Å²) in [4.78, 5) is 0. The smallest absolute Gasteiger partial charge is 0.0178 e. The molecule has 1 aromatic rings. The van der Waals surface area contributed by atoms with E-state index in [9.17, 15) is 0 Å². The Morgan fingerprint density at radius 3 is 2.53 bits per heavy atom. The summed E-state index contributed by atoms with van der Waals surface area (Å²) in [6, 6.07) is 9.07. The van der Waals surface area contributed by atoms with Crippen LogP contribution in [-0.2, 0) is 5.41 Å². The van der Waals surface area contributed by atoms with Crippen LogP contribution in [0, 0.1) is 23.7 Å². The summed E-state index contributed by atoms with van der Waals surface area (Å²) >= 11 is 3.65. The Balaban J connectivity index is 1.73. The van der Waals surface area contributed by atoms with Crippen LogP contribution in [0.15, 0.2) is 28.7 Å². The average molecular weight is 320 g/mol. The van der Waals surface area contributed by atoms with Crippen LogP contribution < -0.4 is 5.73 Å². The van der Waals surface area contributed by atoms with Gasteiger partial charge in [0.1, 0.15) is 0 Å². The zero-order chi connectivity index (χ0) is 13.0. The van der Waals surface area contributed by atoms with Crippen molar-refractivity contribution < 1.29 is 0 Å². The molecule has 102 valence electrons. The fourth-order valence-corrected chi connectivity index (χ4v) is 6.09. The number of nitrogens with two attached hydrogens (primary N) is 1. The zero-order valence-corrected chi connectivity index (χ0v) is 12.9. The number of hydrogen-bond acceptors (Lipinski definition) is 1. The van der Waals surface area contributed by atoms with Gasteiger partial charge in [-0.05, 0) is 85.4 Å². The molecule has 0 heterocycles. The van der Waals surface area contributed by atoms with Gasteiger partial charge in [-0.1, -0.05) is 28.1 Å². The van der Waals surface area contributed by atoms with E-state index in [1.54, 1.807) is 5.56 Å². The van der Waals surface area contributed by atoms with Crippen molar-refractivity contribution in [2.45, 2.75) is 37.5 Å². The van der Waals surface area contributed by atoms with Crippen molar-refractivity contribution in [2.24, 2.45) is 29.4 Å². The number of hydrogen-bond donors (Lipinski definition) is 1. The minimum Gasteiger partial charge on any atom is -0.330 e. The highest BCUT2D eigenvalue weighted by Gasteiger charge is 2.55. The van der Waals surface area contributed by atoms with E-state index in [2.05, 4.69) is 40.2 Å². The van der Waals surface area contributed by atoms with E-state index in [-0.39, 0.29) is 0 Å². The summed E-state index contributed by atoms with van der Waals surface area (Å²) < 4.78 is 1.23. The Morgan fingerprint density at radius 1 is 1.16 bits per heavy atom. The van der Waals surface area contributed by atoms with E-state index in [1.165, 1.54) is 36.6 Å². The Kier molecular flexibility index (Phi) is 2.82. The van der Waals surface area contributed by atoms with Gasteiger partial charge < -0.3 is 5.73 Å². The van der Waals surface area contributed by atoms with Crippen molar-refractivity contribution in [3.8, 4) is 0 Å². The van der Waals surface area contributed by atoms with Crippen LogP contribution in [0.1, 0.15) is 37.7 Å². The lowest BCUT2D eigenvalue weighted by atomic mass is 9.45. The summed E-state index contributed by atoms with van der Waals surface area (Å²) in [5, 5.41) is 0. The van der Waals surface area contributed by atoms with E-state index in [0.29, 0.717) is 5.41 Å². The maximum Gasteiger partial charge on any atom is 0.0178 e. The lowest BCUT2D eigenvalue weighted by molar-refractivity contribution is -0.0524. The van der Waals surface area contributed by atoms with E-state index >= 15 is 0 Å². The van der Waals surface area contributed by atoms with Crippen LogP contribution in [0.5, 0.6) is 0 Å². The predicted molar refractivity (Wildman–Crippen MR) is 81.9 cm³/mol. The molecule has 4 aliphatic rings. The van der Waals surface area contributed by atoms with Crippen LogP contribution in [0.3, 0.4) is 0 Å². The molecule has 2 unspecified atom stereocenters. The molecular weight excluding hydrogens is 298 g/mol. The summed E-state index contributed by atoms with van der Waals surface area (Å²) in [5.74, 6) is 3.58. The topological polar surface area (TPSA) is 26.0 Å². The molecule has 4 saturated carbocycles. The predicted octanol–water partition coefficient (Wildman–Crippen LogP) is 4.10. The Morgan fingerprint density at radius 2 is 1.89 bits per heavy atom. The maximum absolute atomic E-state index is 6.05. The Labute approximate surface area is 124 Å². The molecule has 0 aliphatic heterocycles. The molecule has 2 atom stereocenters. The second-order valence-corrected chi connectivity index (χ2v) is 8.08. The molecule has 0 aromatic heterocycles. The highest BCUT2D eigenvalue weighted by molar-refractivity contribution is 9.10. The van der Waals surface area contributed by atoms with Gasteiger partial charge in [0.2, 0.25) is 0 Å². The summed E-state index contributed by atoms with van der Waals surface area (Å²) in [6.45, 7) is 0.913. The molecule has 2 heteroatoms. The molecule has 0 radical (unpaired) electrons. The average Bonchev–Trinajstić information content (AvgIpc) is 2.38. The fraction of sp³-hybridized carbons (Fsp3) is 0.647. The van der Waals surface area contributed by atoms with Gasteiger partial charge in [-0.3, -0.25) is 0 Å². The molecule has 19 heavy (non-hydrogen) atoms. The normalized spacial score (nSPS) is 43.7. The van der Waals surface area contributed by atoms with Crippen LogP contribution in [0.25, 0.3) is 0 Å². The monoisotopic (exact) mass is 319 g/mol. The first kappa shape index (κ1) is 12.4. The molecule has 4 aliphatic carbocycles. The van der Waals surface area contributed by atoms with Gasteiger partial charge in [0, 0.05) is 4.47 Å². The van der Waals surface area contributed by atoms with Crippen LogP contribution in [0.2, 0.25) is 0 Å². The minimum absolute atomic E-state index is 0.478. The molecule has 1 nitrogen and oxygen atoms in total. The van der Waals surface area contributed by atoms with Crippen LogP contribution >= 0.6 is 15.9 Å². The van der Waals surface area contributed by atoms with Crippen molar-refractivity contribution in [2.75, 3.05) is 6.54 Å². The van der Waals surface area contributed by atoms with E-state index < -0.39 is 0 Å². The third-order valence-electron chi connectivity index (χ3n) is 6.18. The summed E-state index contributed by atoms with van der Waals surface area (Å²) in [7, 11) is 0. The molecule has 4 fully saturated rings. The summed E-state index contributed by atoms with van der Waals surface area (Å²) in [5.41, 5.74) is 8.11. The standard InChI is InChI=1S/C17H22BrN/c18-15-3-1-2-14(6-15)17-7-11-4-12(8-17)16(10-19)13(5-11)9-17/h1-3,6,11-13,16H,4-5,7-10,19H2. The molecule has 4 bridgehead atoms. The third-order valence-corrected chi connectivity index (χ3v) is 6.67. The van der Waals surface area contributed by atoms with Crippen LogP contribution in [-0.4, -0.2) is 6.54 Å². The fourth-order valence-electron chi connectivity index (χ4n) is 5.69. The molecule has 2 N–H and O–H groups in total. The minimum atomic E-state index is 0.478. The Bertz CT molecular complexity index is 482. The highest BCUT2D eigenvalue weighted by atomic mass is 79.9. The lowest BCUT2D eigenvalue weighted by Crippen LogP contribution is -2.54. The second kappa shape index (κ2) is 4.33. The largest absolute Gasteiger partial charge is 0.330 e. The van der Waals surface area contributed by atoms with Gasteiger partial charge in [0.15, 0.2) is 0 Å². The van der Waals surface area contributed by atoms with Crippen LogP contribution in [0.4, 0.5) is 0 Å². The Hall–Kier alpha value is -0.340. The van der Waals surface area contributed by atoms with Crippen molar-refractivity contribution in [3.63, 3.8) is 0 Å². The third kappa shape index (κ3) is 1.83. The van der Waals surface area contributed by atoms with Gasteiger partial charge in [-0.15, -0.1) is 0 Å². The van der Waals surface area contributed by atoms with Gasteiger partial charge in [-0.2, -0.15) is 0 Å². The number of halogens is 1. The molecule has 0 saturated heterocycles. The molecule has 0 amide bonds. The van der Waals surface area contributed by atoms with E-state index in [0.717, 1.165) is 30.2 Å². The molecule has 1 aromatic carbocycles. The quantitative estimate of drug-likeness (QED) is 0.872. The van der Waals surface area contributed by atoms with Gasteiger partial charge in [-0.25, -0.2) is 0 Å². The van der Waals surface area contributed by atoms with Gasteiger partial charge in [0.25, 0.3) is 0 Å². The number of benzene rings is 1. The highest BCUT2D eigenvalue weighted by Crippen LogP contribution is 2.62. The molecule has 0 spiro atoms. The van der Waals surface area contributed by atoms with Gasteiger partial charge >= 0.3 is 0 Å². The first-order chi connectivity index (χ1) is 9.20. The van der Waals surface area contributed by atoms with Gasteiger partial charge in [0.05, 0.1) is 0 Å². The van der Waals surface area contributed by atoms with E-state index in [4.69, 9.17) is 5.73 Å². The first-order valence-corrected chi connectivity index (χ1v) is 8.45. The van der Waals surface area contributed by atoms with Crippen molar-refractivity contribution in [3.05, 3.63) is 34.3 Å². The molecular formula is C17H22BrN. The second-order valence-electron chi connectivity index (χ2n) is 7.16. The number of rotatable bonds is 2. The SMILES string of the molecule is NCC1C2CC3CC1CC(c1cccc(Br)c1)(C3)C2. The molecule has 5 rings (SSSR count). The van der Waals surface area contributed by atoms with E-state index in [1.807, 2.05) is 0 Å². The van der Waals surface area contributed by atoms with Crippen molar-refractivity contribution in [1.29, 1.82) is 0 Å². The lowest BCUT2D eigenvalue weighted by Gasteiger charge is -2.60.